The number of thiophene rings is 1. The van der Waals surface area contributed by atoms with E-state index in [-0.39, 0.29) is 0 Å². The highest BCUT2D eigenvalue weighted by atomic mass is 35.5. The first-order valence-corrected chi connectivity index (χ1v) is 5.96. The van der Waals surface area contributed by atoms with E-state index in [1.54, 1.807) is 11.3 Å². The van der Waals surface area contributed by atoms with Gasteiger partial charge >= 0.3 is 0 Å². The maximum absolute atomic E-state index is 6.05. The van der Waals surface area contributed by atoms with Gasteiger partial charge in [0, 0.05) is 15.5 Å². The SMILES string of the molecule is Clc1cc2c(sc3ccccc32)c(Cl)n1. The third kappa shape index (κ3) is 1.41. The number of pyridine rings is 1. The molecule has 2 heterocycles. The summed E-state index contributed by atoms with van der Waals surface area (Å²) in [4.78, 5) is 4.04. The molecule has 15 heavy (non-hydrogen) atoms. The summed E-state index contributed by atoms with van der Waals surface area (Å²) < 4.78 is 2.21. The van der Waals surface area contributed by atoms with E-state index in [1.807, 2.05) is 18.2 Å². The molecular weight excluding hydrogens is 249 g/mol. The molecular formula is C11H5Cl2NS. The fourth-order valence-electron chi connectivity index (χ4n) is 1.66. The Kier molecular flexibility index (Phi) is 2.09. The van der Waals surface area contributed by atoms with Crippen LogP contribution in [-0.2, 0) is 0 Å². The summed E-state index contributed by atoms with van der Waals surface area (Å²) in [5, 5.41) is 3.19. The summed E-state index contributed by atoms with van der Waals surface area (Å²) in [7, 11) is 0. The van der Waals surface area contributed by atoms with E-state index in [1.165, 1.54) is 10.1 Å². The molecule has 74 valence electrons. The lowest BCUT2D eigenvalue weighted by molar-refractivity contribution is 1.37. The second-order valence-electron chi connectivity index (χ2n) is 3.21. The predicted molar refractivity (Wildman–Crippen MR) is 67.1 cm³/mol. The second-order valence-corrected chi connectivity index (χ2v) is 5.01. The Labute approximate surface area is 100 Å². The molecule has 0 radical (unpaired) electrons. The fraction of sp³-hybridized carbons (Fsp3) is 0. The van der Waals surface area contributed by atoms with Gasteiger partial charge in [0.05, 0.1) is 4.70 Å². The molecule has 0 saturated carbocycles. The van der Waals surface area contributed by atoms with E-state index in [9.17, 15) is 0 Å². The minimum atomic E-state index is 0.441. The molecule has 0 unspecified atom stereocenters. The van der Waals surface area contributed by atoms with Crippen LogP contribution in [0, 0.1) is 0 Å². The fourth-order valence-corrected chi connectivity index (χ4v) is 3.27. The van der Waals surface area contributed by atoms with Crippen LogP contribution in [0.3, 0.4) is 0 Å². The molecule has 3 aromatic rings. The highest BCUT2D eigenvalue weighted by molar-refractivity contribution is 7.26. The van der Waals surface area contributed by atoms with E-state index in [2.05, 4.69) is 17.1 Å². The van der Waals surface area contributed by atoms with Crippen molar-refractivity contribution in [2.24, 2.45) is 0 Å². The van der Waals surface area contributed by atoms with Crippen molar-refractivity contribution in [3.63, 3.8) is 0 Å². The molecule has 3 rings (SSSR count). The van der Waals surface area contributed by atoms with Gasteiger partial charge in [0.25, 0.3) is 0 Å². The molecule has 0 atom stereocenters. The van der Waals surface area contributed by atoms with Gasteiger partial charge in [-0.15, -0.1) is 11.3 Å². The number of hydrogen-bond acceptors (Lipinski definition) is 2. The molecule has 0 aliphatic heterocycles. The third-order valence-electron chi connectivity index (χ3n) is 2.29. The molecule has 4 heteroatoms. The summed E-state index contributed by atoms with van der Waals surface area (Å²) in [5.41, 5.74) is 0. The quantitative estimate of drug-likeness (QED) is 0.527. The molecule has 0 aliphatic carbocycles. The van der Waals surface area contributed by atoms with E-state index < -0.39 is 0 Å². The zero-order valence-corrected chi connectivity index (χ0v) is 9.83. The average Bonchev–Trinajstić information content (AvgIpc) is 2.57. The van der Waals surface area contributed by atoms with Crippen molar-refractivity contribution in [2.45, 2.75) is 0 Å². The molecule has 0 bridgehead atoms. The van der Waals surface area contributed by atoms with Crippen molar-refractivity contribution in [1.82, 2.24) is 4.98 Å². The third-order valence-corrected chi connectivity index (χ3v) is 4.06. The average molecular weight is 254 g/mol. The second kappa shape index (κ2) is 3.34. The zero-order chi connectivity index (χ0) is 10.4. The van der Waals surface area contributed by atoms with Crippen LogP contribution in [0.2, 0.25) is 10.3 Å². The standard InChI is InChI=1S/C11H5Cl2NS/c12-9-5-7-6-3-1-2-4-8(6)15-10(7)11(13)14-9/h1-5H. The maximum Gasteiger partial charge on any atom is 0.148 e. The van der Waals surface area contributed by atoms with Crippen molar-refractivity contribution >= 4 is 54.7 Å². The van der Waals surface area contributed by atoms with Crippen LogP contribution in [0.5, 0.6) is 0 Å². The van der Waals surface area contributed by atoms with Crippen LogP contribution in [0.1, 0.15) is 0 Å². The van der Waals surface area contributed by atoms with Gasteiger partial charge in [-0.05, 0) is 12.1 Å². The minimum absolute atomic E-state index is 0.441. The van der Waals surface area contributed by atoms with Gasteiger partial charge in [-0.25, -0.2) is 4.98 Å². The molecule has 1 nitrogen and oxygen atoms in total. The lowest BCUT2D eigenvalue weighted by atomic mass is 10.2. The van der Waals surface area contributed by atoms with Crippen molar-refractivity contribution in [3.8, 4) is 0 Å². The molecule has 0 fully saturated rings. The van der Waals surface area contributed by atoms with E-state index in [0.29, 0.717) is 10.3 Å². The largest absolute Gasteiger partial charge is 0.223 e. The number of aromatic nitrogens is 1. The van der Waals surface area contributed by atoms with Crippen molar-refractivity contribution in [1.29, 1.82) is 0 Å². The molecule has 2 aromatic heterocycles. The van der Waals surface area contributed by atoms with Crippen LogP contribution in [-0.4, -0.2) is 4.98 Å². The van der Waals surface area contributed by atoms with Gasteiger partial charge < -0.3 is 0 Å². The minimum Gasteiger partial charge on any atom is -0.223 e. The first-order valence-electron chi connectivity index (χ1n) is 4.39. The Morgan fingerprint density at radius 3 is 2.73 bits per heavy atom. The Hall–Kier alpha value is -0.830. The van der Waals surface area contributed by atoms with Crippen LogP contribution in [0.25, 0.3) is 20.2 Å². The van der Waals surface area contributed by atoms with Gasteiger partial charge in [0.1, 0.15) is 10.3 Å². The number of halogens is 2. The van der Waals surface area contributed by atoms with E-state index in [0.717, 1.165) is 10.1 Å². The highest BCUT2D eigenvalue weighted by Gasteiger charge is 2.09. The Bertz CT molecular complexity index is 660. The topological polar surface area (TPSA) is 12.9 Å². The highest BCUT2D eigenvalue weighted by Crippen LogP contribution is 2.37. The van der Waals surface area contributed by atoms with Crippen LogP contribution in [0.15, 0.2) is 30.3 Å². The summed E-state index contributed by atoms with van der Waals surface area (Å²) in [6, 6.07) is 10.0. The number of rotatable bonds is 0. The number of nitrogens with zero attached hydrogens (tertiary/aromatic N) is 1. The maximum atomic E-state index is 6.05. The summed E-state index contributed by atoms with van der Waals surface area (Å²) in [6.07, 6.45) is 0. The summed E-state index contributed by atoms with van der Waals surface area (Å²) in [5.74, 6) is 0. The van der Waals surface area contributed by atoms with E-state index in [4.69, 9.17) is 23.2 Å². The number of hydrogen-bond donors (Lipinski definition) is 0. The van der Waals surface area contributed by atoms with Gasteiger partial charge in [0.15, 0.2) is 0 Å². The Morgan fingerprint density at radius 1 is 1.07 bits per heavy atom. The number of benzene rings is 1. The monoisotopic (exact) mass is 253 g/mol. The van der Waals surface area contributed by atoms with Crippen LogP contribution in [0.4, 0.5) is 0 Å². The summed E-state index contributed by atoms with van der Waals surface area (Å²) >= 11 is 13.6. The molecule has 0 amide bonds. The van der Waals surface area contributed by atoms with E-state index >= 15 is 0 Å². The smallest absolute Gasteiger partial charge is 0.148 e. The number of fused-ring (bicyclic) bond motifs is 3. The molecule has 0 aliphatic rings. The normalized spacial score (nSPS) is 11.3. The van der Waals surface area contributed by atoms with Crippen molar-refractivity contribution < 1.29 is 0 Å². The lowest BCUT2D eigenvalue weighted by Crippen LogP contribution is -1.76. The van der Waals surface area contributed by atoms with Crippen molar-refractivity contribution in [2.75, 3.05) is 0 Å². The van der Waals surface area contributed by atoms with Crippen molar-refractivity contribution in [3.05, 3.63) is 40.6 Å². The van der Waals surface area contributed by atoms with Crippen LogP contribution >= 0.6 is 34.5 Å². The molecule has 0 spiro atoms. The molecule has 1 aromatic carbocycles. The van der Waals surface area contributed by atoms with Gasteiger partial charge in [-0.3, -0.25) is 0 Å². The van der Waals surface area contributed by atoms with Gasteiger partial charge in [-0.2, -0.15) is 0 Å². The lowest BCUT2D eigenvalue weighted by Gasteiger charge is -1.94. The first kappa shape index (κ1) is 9.40. The van der Waals surface area contributed by atoms with Gasteiger partial charge in [0.2, 0.25) is 0 Å². The molecule has 0 saturated heterocycles. The first-order chi connectivity index (χ1) is 7.25. The Balaban J connectivity index is 2.61. The molecule has 0 N–H and O–H groups in total. The summed E-state index contributed by atoms with van der Waals surface area (Å²) in [6.45, 7) is 0. The van der Waals surface area contributed by atoms with Crippen LogP contribution < -0.4 is 0 Å². The zero-order valence-electron chi connectivity index (χ0n) is 7.50. The Morgan fingerprint density at radius 2 is 1.87 bits per heavy atom. The van der Waals surface area contributed by atoms with Gasteiger partial charge in [-0.1, -0.05) is 41.4 Å². The predicted octanol–water partition coefficient (Wildman–Crippen LogP) is 4.76.